The summed E-state index contributed by atoms with van der Waals surface area (Å²) in [5.74, 6) is -4.11. The molecule has 2 fully saturated rings. The Balaban J connectivity index is 1.41. The lowest BCUT2D eigenvalue weighted by molar-refractivity contribution is -0.172. The lowest BCUT2D eigenvalue weighted by Gasteiger charge is -2.38. The molecule has 0 unspecified atom stereocenters. The molecule has 2 N–H and O–H groups in total. The minimum Gasteiger partial charge on any atom is -0.458 e. The van der Waals surface area contributed by atoms with Gasteiger partial charge in [-0.2, -0.15) is 0 Å². The number of hydrogen-bond donors (Lipinski definition) is 2. The maximum atomic E-state index is 14.4. The molecule has 204 valence electrons. The van der Waals surface area contributed by atoms with Crippen molar-refractivity contribution >= 4 is 16.9 Å². The standard InChI is InChI=1S/C28H26F3N3O5/c1-2-28(38)18-8-20-22-21(11-33(20)24(36)17(18)12-39-25(28)37)34(19-4-3-14(29)7-16(19)23(22)35)13-26(5-6-26)32-15-9-27(30,31)10-15/h3-4,7-8,15,32,38H,2,5-6,9-13H2,1H3/t28-/m0/s1. The molecule has 4 aliphatic rings. The summed E-state index contributed by atoms with van der Waals surface area (Å²) < 4.78 is 49.8. The molecular formula is C28H26F3N3O5. The van der Waals surface area contributed by atoms with Gasteiger partial charge in [-0.15, -0.1) is 0 Å². The Morgan fingerprint density at radius 2 is 1.90 bits per heavy atom. The largest absolute Gasteiger partial charge is 0.458 e. The molecule has 1 atom stereocenters. The molecule has 3 aromatic rings. The summed E-state index contributed by atoms with van der Waals surface area (Å²) in [5.41, 5.74) is -1.68. The number of fused-ring (bicyclic) bond motifs is 5. The van der Waals surface area contributed by atoms with Crippen molar-refractivity contribution in [2.75, 3.05) is 0 Å². The van der Waals surface area contributed by atoms with E-state index in [0.717, 1.165) is 18.9 Å². The molecule has 0 bridgehead atoms. The second kappa shape index (κ2) is 7.82. The van der Waals surface area contributed by atoms with Gasteiger partial charge in [0.2, 0.25) is 0 Å². The van der Waals surface area contributed by atoms with E-state index < -0.39 is 39.8 Å². The first kappa shape index (κ1) is 24.6. The van der Waals surface area contributed by atoms with E-state index in [1.54, 1.807) is 6.92 Å². The van der Waals surface area contributed by atoms with Crippen molar-refractivity contribution in [3.05, 3.63) is 67.5 Å². The van der Waals surface area contributed by atoms with Gasteiger partial charge in [0.25, 0.3) is 11.5 Å². The Bertz CT molecular complexity index is 1720. The molecule has 2 aliphatic carbocycles. The summed E-state index contributed by atoms with van der Waals surface area (Å²) in [6.45, 7) is 1.71. The number of aromatic nitrogens is 2. The number of nitrogens with one attached hydrogen (secondary N) is 1. The fourth-order valence-corrected chi connectivity index (χ4v) is 6.49. The average Bonchev–Trinajstić information content (AvgIpc) is 3.52. The molecular weight excluding hydrogens is 515 g/mol. The van der Waals surface area contributed by atoms with E-state index >= 15 is 0 Å². The van der Waals surface area contributed by atoms with Gasteiger partial charge in [0.15, 0.2) is 11.0 Å². The molecule has 8 nitrogen and oxygen atoms in total. The quantitative estimate of drug-likeness (QED) is 0.377. The van der Waals surface area contributed by atoms with Crippen LogP contribution in [-0.2, 0) is 34.8 Å². The number of nitrogens with zero attached hydrogens (tertiary/aromatic N) is 2. The summed E-state index contributed by atoms with van der Waals surface area (Å²) in [6, 6.07) is 5.15. The van der Waals surface area contributed by atoms with Crippen LogP contribution in [0.2, 0.25) is 0 Å². The molecule has 2 saturated carbocycles. The highest BCUT2D eigenvalue weighted by atomic mass is 19.3. The van der Waals surface area contributed by atoms with Gasteiger partial charge in [0, 0.05) is 41.9 Å². The van der Waals surface area contributed by atoms with E-state index in [4.69, 9.17) is 4.74 Å². The lowest BCUT2D eigenvalue weighted by Crippen LogP contribution is -2.54. The van der Waals surface area contributed by atoms with Crippen LogP contribution in [0.25, 0.3) is 22.2 Å². The SMILES string of the molecule is CC[C@@]1(O)C(=O)OCc2c1cc1n(c2=O)Cc2c-1c(=O)c1cc(F)ccc1n2CC1(NC2CC(F)(F)C2)CC1. The van der Waals surface area contributed by atoms with E-state index in [2.05, 4.69) is 5.32 Å². The summed E-state index contributed by atoms with van der Waals surface area (Å²) in [5, 5.41) is 14.6. The van der Waals surface area contributed by atoms with Crippen LogP contribution in [0.1, 0.15) is 55.8 Å². The van der Waals surface area contributed by atoms with Crippen molar-refractivity contribution in [2.45, 2.75) is 81.8 Å². The first-order valence-corrected chi connectivity index (χ1v) is 13.1. The number of carbonyl (C=O) groups excluding carboxylic acids is 1. The van der Waals surface area contributed by atoms with E-state index in [0.29, 0.717) is 17.8 Å². The second-order valence-corrected chi connectivity index (χ2v) is 11.4. The Labute approximate surface area is 220 Å². The highest BCUT2D eigenvalue weighted by molar-refractivity contribution is 5.88. The topological polar surface area (TPSA) is 103 Å². The van der Waals surface area contributed by atoms with Crippen LogP contribution in [0.5, 0.6) is 0 Å². The average molecular weight is 542 g/mol. The molecule has 2 aliphatic heterocycles. The lowest BCUT2D eigenvalue weighted by atomic mass is 9.85. The Hall–Kier alpha value is -3.44. The second-order valence-electron chi connectivity index (χ2n) is 11.4. The Morgan fingerprint density at radius 1 is 1.15 bits per heavy atom. The number of rotatable bonds is 5. The smallest absolute Gasteiger partial charge is 0.343 e. The molecule has 7 rings (SSSR count). The minimum atomic E-state index is -2.66. The maximum Gasteiger partial charge on any atom is 0.343 e. The molecule has 0 spiro atoms. The first-order chi connectivity index (χ1) is 18.5. The number of ether oxygens (including phenoxy) is 1. The summed E-state index contributed by atoms with van der Waals surface area (Å²) in [7, 11) is 0. The number of hydrogen-bond acceptors (Lipinski definition) is 6. The highest BCUT2D eigenvalue weighted by Crippen LogP contribution is 2.45. The van der Waals surface area contributed by atoms with Gasteiger partial charge >= 0.3 is 5.97 Å². The van der Waals surface area contributed by atoms with Crippen LogP contribution in [0.4, 0.5) is 13.2 Å². The summed E-state index contributed by atoms with van der Waals surface area (Å²) >= 11 is 0. The number of halogens is 3. The molecule has 0 saturated heterocycles. The zero-order valence-electron chi connectivity index (χ0n) is 21.2. The summed E-state index contributed by atoms with van der Waals surface area (Å²) in [6.07, 6.45) is 1.02. The molecule has 0 amide bonds. The number of benzene rings is 1. The molecule has 11 heteroatoms. The van der Waals surface area contributed by atoms with E-state index in [9.17, 15) is 32.7 Å². The van der Waals surface area contributed by atoms with Crippen molar-refractivity contribution in [1.82, 2.24) is 14.5 Å². The maximum absolute atomic E-state index is 14.4. The number of aliphatic hydroxyl groups is 1. The number of cyclic esters (lactones) is 1. The van der Waals surface area contributed by atoms with Gasteiger partial charge in [-0.1, -0.05) is 6.92 Å². The van der Waals surface area contributed by atoms with Crippen molar-refractivity contribution in [1.29, 1.82) is 0 Å². The molecule has 2 aromatic heterocycles. The van der Waals surface area contributed by atoms with Gasteiger partial charge in [-0.05, 0) is 43.5 Å². The van der Waals surface area contributed by atoms with E-state index in [1.807, 2.05) is 4.57 Å². The van der Waals surface area contributed by atoms with Crippen LogP contribution in [-0.4, -0.2) is 37.7 Å². The molecule has 0 radical (unpaired) electrons. The van der Waals surface area contributed by atoms with Crippen molar-refractivity contribution in [3.8, 4) is 11.3 Å². The van der Waals surface area contributed by atoms with Crippen molar-refractivity contribution < 1.29 is 27.8 Å². The number of esters is 1. The van der Waals surface area contributed by atoms with Gasteiger partial charge in [-0.3, -0.25) is 9.59 Å². The number of alkyl halides is 2. The number of carbonyl (C=O) groups is 1. The van der Waals surface area contributed by atoms with Crippen molar-refractivity contribution in [3.63, 3.8) is 0 Å². The zero-order chi connectivity index (χ0) is 27.5. The van der Waals surface area contributed by atoms with Crippen molar-refractivity contribution in [2.24, 2.45) is 0 Å². The van der Waals surface area contributed by atoms with Gasteiger partial charge in [0.1, 0.15) is 12.4 Å². The molecule has 39 heavy (non-hydrogen) atoms. The Kier molecular flexibility index (Phi) is 4.93. The van der Waals surface area contributed by atoms with Crippen LogP contribution in [0, 0.1) is 5.82 Å². The Morgan fingerprint density at radius 3 is 2.56 bits per heavy atom. The van der Waals surface area contributed by atoms with E-state index in [1.165, 1.54) is 22.8 Å². The third-order valence-electron chi connectivity index (χ3n) is 8.86. The van der Waals surface area contributed by atoms with Gasteiger partial charge < -0.3 is 24.3 Å². The van der Waals surface area contributed by atoms with Crippen LogP contribution >= 0.6 is 0 Å². The normalized spacial score (nSPS) is 24.1. The third kappa shape index (κ3) is 3.48. The van der Waals surface area contributed by atoms with Crippen LogP contribution in [0.15, 0.2) is 33.9 Å². The van der Waals surface area contributed by atoms with Gasteiger partial charge in [0.05, 0.1) is 34.6 Å². The van der Waals surface area contributed by atoms with Gasteiger partial charge in [-0.25, -0.2) is 18.0 Å². The van der Waals surface area contributed by atoms with Crippen LogP contribution in [0.3, 0.4) is 0 Å². The van der Waals surface area contributed by atoms with Crippen LogP contribution < -0.4 is 16.3 Å². The van der Waals surface area contributed by atoms with E-state index in [-0.39, 0.29) is 66.2 Å². The predicted octanol–water partition coefficient (Wildman–Crippen LogP) is 2.91. The minimum absolute atomic E-state index is 0.0316. The summed E-state index contributed by atoms with van der Waals surface area (Å²) in [4.78, 5) is 39.9. The third-order valence-corrected chi connectivity index (χ3v) is 8.86. The zero-order valence-corrected chi connectivity index (χ0v) is 21.2. The predicted molar refractivity (Wildman–Crippen MR) is 134 cm³/mol. The molecule has 4 heterocycles. The molecule has 1 aromatic carbocycles. The first-order valence-electron chi connectivity index (χ1n) is 13.1. The highest BCUT2D eigenvalue weighted by Gasteiger charge is 2.52. The number of pyridine rings is 2. The fraction of sp³-hybridized carbons (Fsp3) is 0.464. The monoisotopic (exact) mass is 541 g/mol. The fourth-order valence-electron chi connectivity index (χ4n) is 6.49.